The lowest BCUT2D eigenvalue weighted by molar-refractivity contribution is -0.379. The molecule has 0 bridgehead atoms. The van der Waals surface area contributed by atoms with Gasteiger partial charge in [-0.1, -0.05) is 205 Å². The van der Waals surface area contributed by atoms with Crippen molar-refractivity contribution in [2.75, 3.05) is 26.4 Å². The fourth-order valence-electron chi connectivity index (χ4n) is 10.6. The van der Waals surface area contributed by atoms with Crippen LogP contribution < -0.4 is 5.32 Å². The normalized spacial score (nSPS) is 30.4. The van der Waals surface area contributed by atoms with E-state index in [2.05, 4.69) is 24.4 Å². The summed E-state index contributed by atoms with van der Waals surface area (Å²) >= 11 is 0. The number of carbonyl (C=O) groups is 1. The Morgan fingerprint density at radius 1 is 0.443 bits per heavy atom. The molecule has 19 heteroatoms. The molecule has 19 nitrogen and oxygen atoms in total. The summed E-state index contributed by atoms with van der Waals surface area (Å²) in [6, 6.07) is -0.982. The minimum absolute atomic E-state index is 0.211. The number of amides is 1. The Morgan fingerprint density at radius 2 is 0.810 bits per heavy atom. The average molecular weight is 1130 g/mol. The van der Waals surface area contributed by atoms with Gasteiger partial charge in [-0.05, 0) is 32.1 Å². The van der Waals surface area contributed by atoms with Gasteiger partial charge in [-0.15, -0.1) is 0 Å². The van der Waals surface area contributed by atoms with Gasteiger partial charge in [0.1, 0.15) is 73.2 Å². The summed E-state index contributed by atoms with van der Waals surface area (Å²) in [5.41, 5.74) is 0. The van der Waals surface area contributed by atoms with Crippen LogP contribution in [-0.2, 0) is 33.2 Å². The first kappa shape index (κ1) is 71.5. The molecule has 3 heterocycles. The third-order valence-electron chi connectivity index (χ3n) is 15.8. The average Bonchev–Trinajstić information content (AvgIpc) is 3.51. The SMILES string of the molecule is CCCCCCCCCCCCCCCCCCCCCCCCCCCC/C=C/CC/C=C/C(O)C(COC1OC(CO)C(OC2OC(CO)C(OC3OC(CO)C(O)C(O)C3O)C(O)C2O)C(O)C1O)NC(=O)CCCC. The topological polar surface area (TPSA) is 307 Å². The highest BCUT2D eigenvalue weighted by molar-refractivity contribution is 5.76. The van der Waals surface area contributed by atoms with Crippen molar-refractivity contribution in [2.24, 2.45) is 0 Å². The summed E-state index contributed by atoms with van der Waals surface area (Å²) in [5, 5.41) is 119. The maximum Gasteiger partial charge on any atom is 0.220 e. The van der Waals surface area contributed by atoms with E-state index < -0.39 is 124 Å². The van der Waals surface area contributed by atoms with Crippen LogP contribution in [0.3, 0.4) is 0 Å². The Kier molecular flexibility index (Phi) is 39.7. The molecule has 3 aliphatic heterocycles. The van der Waals surface area contributed by atoms with Crippen LogP contribution in [0.4, 0.5) is 0 Å². The number of carbonyl (C=O) groups excluding carboxylic acids is 1. The highest BCUT2D eigenvalue weighted by Crippen LogP contribution is 2.33. The molecule has 0 aliphatic carbocycles. The van der Waals surface area contributed by atoms with E-state index >= 15 is 0 Å². The van der Waals surface area contributed by atoms with Gasteiger partial charge in [0.05, 0.1) is 38.6 Å². The lowest BCUT2D eigenvalue weighted by Gasteiger charge is -2.48. The van der Waals surface area contributed by atoms with Crippen LogP contribution in [0.25, 0.3) is 0 Å². The molecule has 3 saturated heterocycles. The quantitative estimate of drug-likeness (QED) is 0.0248. The number of unbranched alkanes of at least 4 members (excludes halogenated alkanes) is 28. The predicted octanol–water partition coefficient (Wildman–Crippen LogP) is 5.93. The molecule has 0 aromatic carbocycles. The molecule has 79 heavy (non-hydrogen) atoms. The minimum Gasteiger partial charge on any atom is -0.394 e. The van der Waals surface area contributed by atoms with Crippen molar-refractivity contribution < 1.29 is 89.4 Å². The number of ether oxygens (including phenoxy) is 6. The fraction of sp³-hybridized carbons (Fsp3) is 0.917. The zero-order valence-corrected chi connectivity index (χ0v) is 48.4. The molecule has 12 N–H and O–H groups in total. The largest absolute Gasteiger partial charge is 0.394 e. The van der Waals surface area contributed by atoms with E-state index in [9.17, 15) is 61.0 Å². The first-order valence-electron chi connectivity index (χ1n) is 31.1. The Morgan fingerprint density at radius 3 is 1.25 bits per heavy atom. The van der Waals surface area contributed by atoms with Gasteiger partial charge < -0.3 is 89.9 Å². The molecule has 17 atom stereocenters. The maximum absolute atomic E-state index is 12.8. The summed E-state index contributed by atoms with van der Waals surface area (Å²) in [6.07, 6.45) is 20.9. The molecule has 17 unspecified atom stereocenters. The van der Waals surface area contributed by atoms with E-state index in [1.165, 1.54) is 161 Å². The lowest BCUT2D eigenvalue weighted by Crippen LogP contribution is -2.66. The highest BCUT2D eigenvalue weighted by Gasteiger charge is 2.53. The van der Waals surface area contributed by atoms with Gasteiger partial charge in [-0.25, -0.2) is 0 Å². The number of nitrogens with one attached hydrogen (secondary N) is 1. The van der Waals surface area contributed by atoms with Crippen molar-refractivity contribution in [3.05, 3.63) is 24.3 Å². The van der Waals surface area contributed by atoms with Crippen LogP contribution in [0.1, 0.15) is 219 Å². The first-order chi connectivity index (χ1) is 38.3. The van der Waals surface area contributed by atoms with Crippen molar-refractivity contribution in [1.82, 2.24) is 5.32 Å². The van der Waals surface area contributed by atoms with Crippen LogP contribution >= 0.6 is 0 Å². The van der Waals surface area contributed by atoms with Crippen molar-refractivity contribution in [2.45, 2.75) is 324 Å². The van der Waals surface area contributed by atoms with E-state index in [0.29, 0.717) is 12.8 Å². The molecule has 0 radical (unpaired) electrons. The van der Waals surface area contributed by atoms with Gasteiger partial charge in [0.15, 0.2) is 18.9 Å². The second-order valence-corrected chi connectivity index (χ2v) is 22.5. The molecular weight excluding hydrogens is 1020 g/mol. The third-order valence-corrected chi connectivity index (χ3v) is 15.8. The number of allylic oxidation sites excluding steroid dienone is 3. The maximum atomic E-state index is 12.8. The van der Waals surface area contributed by atoms with Crippen LogP contribution in [-0.4, -0.2) is 193 Å². The summed E-state index contributed by atoms with van der Waals surface area (Å²) in [6.45, 7) is 1.44. The number of hydrogen-bond acceptors (Lipinski definition) is 18. The summed E-state index contributed by atoms with van der Waals surface area (Å²) in [4.78, 5) is 12.8. The van der Waals surface area contributed by atoms with Gasteiger partial charge in [0.25, 0.3) is 0 Å². The molecular formula is C60H111NO18. The van der Waals surface area contributed by atoms with E-state index in [0.717, 1.165) is 25.7 Å². The van der Waals surface area contributed by atoms with E-state index in [4.69, 9.17) is 28.4 Å². The van der Waals surface area contributed by atoms with Crippen molar-refractivity contribution in [3.8, 4) is 0 Å². The Bertz CT molecular complexity index is 1540. The van der Waals surface area contributed by atoms with Crippen molar-refractivity contribution in [3.63, 3.8) is 0 Å². The van der Waals surface area contributed by atoms with E-state index in [1.54, 1.807) is 6.08 Å². The third kappa shape index (κ3) is 27.7. The Balaban J connectivity index is 1.29. The van der Waals surface area contributed by atoms with Gasteiger partial charge in [0.2, 0.25) is 5.91 Å². The molecule has 3 aliphatic rings. The number of aliphatic hydroxyl groups excluding tert-OH is 11. The van der Waals surface area contributed by atoms with E-state index in [-0.39, 0.29) is 18.9 Å². The molecule has 3 rings (SSSR count). The molecule has 1 amide bonds. The van der Waals surface area contributed by atoms with Crippen LogP contribution in [0.2, 0.25) is 0 Å². The number of rotatable bonds is 46. The molecule has 0 aromatic rings. The summed E-state index contributed by atoms with van der Waals surface area (Å²) in [5.74, 6) is -0.320. The smallest absolute Gasteiger partial charge is 0.220 e. The zero-order chi connectivity index (χ0) is 57.6. The monoisotopic (exact) mass is 1130 g/mol. The van der Waals surface area contributed by atoms with Gasteiger partial charge >= 0.3 is 0 Å². The molecule has 0 saturated carbocycles. The highest BCUT2D eigenvalue weighted by atomic mass is 16.8. The Hall–Kier alpha value is -1.73. The van der Waals surface area contributed by atoms with Gasteiger partial charge in [-0.3, -0.25) is 4.79 Å². The second-order valence-electron chi connectivity index (χ2n) is 22.5. The van der Waals surface area contributed by atoms with E-state index in [1.807, 2.05) is 13.0 Å². The van der Waals surface area contributed by atoms with Gasteiger partial charge in [-0.2, -0.15) is 0 Å². The van der Waals surface area contributed by atoms with Gasteiger partial charge in [0, 0.05) is 6.42 Å². The lowest BCUT2D eigenvalue weighted by atomic mass is 9.96. The molecule has 0 aromatic heterocycles. The van der Waals surface area contributed by atoms with Crippen LogP contribution in [0.5, 0.6) is 0 Å². The summed E-state index contributed by atoms with van der Waals surface area (Å²) < 4.78 is 33.9. The molecule has 464 valence electrons. The zero-order valence-electron chi connectivity index (χ0n) is 48.4. The molecule has 3 fully saturated rings. The first-order valence-corrected chi connectivity index (χ1v) is 31.1. The molecule has 0 spiro atoms. The standard InChI is InChI=1S/C60H111NO18/c1-3-5-7-8-9-10-11-12-13-14-15-16-17-18-19-20-21-22-23-24-25-26-27-28-29-30-31-32-33-34-35-36-37-44(65)43(61-48(66)38-6-4-2)42-74-58-54(72)51(69)56(46(40-63)76-58)79-60-55(73)52(70)57(47(41-64)77-60)78-59-53(71)50(68)49(67)45(39-62)75-59/h32-33,36-37,43-47,49-60,62-65,67-73H,3-31,34-35,38-42H2,1-2H3,(H,61,66)/b33-32+,37-36+. The van der Waals surface area contributed by atoms with Crippen molar-refractivity contribution in [1.29, 1.82) is 0 Å². The number of aliphatic hydroxyl groups is 11. The van der Waals surface area contributed by atoms with Crippen molar-refractivity contribution >= 4 is 5.91 Å². The van der Waals surface area contributed by atoms with Crippen LogP contribution in [0.15, 0.2) is 24.3 Å². The predicted molar refractivity (Wildman–Crippen MR) is 300 cm³/mol. The number of hydrogen-bond donors (Lipinski definition) is 12. The second kappa shape index (κ2) is 43.8. The fourth-order valence-corrected chi connectivity index (χ4v) is 10.6. The van der Waals surface area contributed by atoms with Crippen LogP contribution in [0, 0.1) is 0 Å². The summed E-state index contributed by atoms with van der Waals surface area (Å²) in [7, 11) is 0. The Labute approximate surface area is 473 Å². The minimum atomic E-state index is -1.98.